The van der Waals surface area contributed by atoms with Gasteiger partial charge >= 0.3 is 0 Å². The smallest absolute Gasteiger partial charge is 0.266 e. The highest BCUT2D eigenvalue weighted by atomic mass is 35.5. The fourth-order valence-electron chi connectivity index (χ4n) is 5.04. The van der Waals surface area contributed by atoms with Crippen molar-refractivity contribution in [1.29, 1.82) is 0 Å². The first-order valence-corrected chi connectivity index (χ1v) is 14.0. The molecule has 42 heavy (non-hydrogen) atoms. The van der Waals surface area contributed by atoms with Gasteiger partial charge in [0.1, 0.15) is 17.3 Å². The van der Waals surface area contributed by atoms with Crippen LogP contribution in [0.4, 0.5) is 5.69 Å². The van der Waals surface area contributed by atoms with Crippen LogP contribution in [0, 0.1) is 0 Å². The molecule has 1 aromatic heterocycles. The van der Waals surface area contributed by atoms with E-state index >= 15 is 0 Å². The molecule has 1 aliphatic rings. The third-order valence-electron chi connectivity index (χ3n) is 7.28. The molecule has 5 rings (SSSR count). The highest BCUT2D eigenvalue weighted by molar-refractivity contribution is 6.30. The Morgan fingerprint density at radius 2 is 1.74 bits per heavy atom. The van der Waals surface area contributed by atoms with Gasteiger partial charge in [0, 0.05) is 31.2 Å². The van der Waals surface area contributed by atoms with Crippen molar-refractivity contribution in [2.24, 2.45) is 0 Å². The first-order valence-electron chi connectivity index (χ1n) is 13.6. The number of fused-ring (bicyclic) bond motifs is 1. The van der Waals surface area contributed by atoms with Crippen LogP contribution in [0.15, 0.2) is 71.5 Å². The molecular formula is C30H32ClN5O6. The Morgan fingerprint density at radius 1 is 1.02 bits per heavy atom. The van der Waals surface area contributed by atoms with Gasteiger partial charge < -0.3 is 14.4 Å². The number of hydrogen-bond acceptors (Lipinski definition) is 9. The molecule has 4 aromatic rings. The Labute approximate surface area is 247 Å². The number of rotatable bonds is 9. The van der Waals surface area contributed by atoms with Gasteiger partial charge in [0.2, 0.25) is 0 Å². The predicted molar refractivity (Wildman–Crippen MR) is 158 cm³/mol. The molecule has 1 atom stereocenters. The second-order valence-electron chi connectivity index (χ2n) is 9.84. The summed E-state index contributed by atoms with van der Waals surface area (Å²) in [6, 6.07) is 18.2. The van der Waals surface area contributed by atoms with E-state index in [0.717, 1.165) is 0 Å². The van der Waals surface area contributed by atoms with Crippen molar-refractivity contribution in [2.75, 3.05) is 44.6 Å². The minimum absolute atomic E-state index is 0.0326. The molecule has 0 aliphatic carbocycles. The number of aromatic nitrogens is 2. The third kappa shape index (κ3) is 6.19. The fourth-order valence-corrected chi connectivity index (χ4v) is 5.16. The normalized spacial score (nSPS) is 14.5. The number of amides is 1. The molecule has 1 saturated heterocycles. The highest BCUT2D eigenvalue weighted by Gasteiger charge is 2.29. The molecule has 1 unspecified atom stereocenters. The van der Waals surface area contributed by atoms with Gasteiger partial charge in [-0.3, -0.25) is 29.5 Å². The molecule has 1 fully saturated rings. The van der Waals surface area contributed by atoms with E-state index in [4.69, 9.17) is 26.1 Å². The van der Waals surface area contributed by atoms with E-state index in [1.807, 2.05) is 26.0 Å². The maximum Gasteiger partial charge on any atom is 0.266 e. The molecule has 0 bridgehead atoms. The molecule has 2 N–H and O–H groups in total. The minimum atomic E-state index is -0.370. The summed E-state index contributed by atoms with van der Waals surface area (Å²) in [6.07, 6.45) is 0. The lowest BCUT2D eigenvalue weighted by Crippen LogP contribution is -2.51. The van der Waals surface area contributed by atoms with Crippen LogP contribution in [0.3, 0.4) is 0 Å². The Hall–Kier alpha value is -4.16. The molecule has 2 heterocycles. The van der Waals surface area contributed by atoms with Gasteiger partial charge in [-0.1, -0.05) is 23.7 Å². The predicted octanol–water partition coefficient (Wildman–Crippen LogP) is 4.31. The van der Waals surface area contributed by atoms with E-state index in [9.17, 15) is 20.0 Å². The maximum absolute atomic E-state index is 14.0. The van der Waals surface area contributed by atoms with Crippen molar-refractivity contribution in [3.63, 3.8) is 0 Å². The van der Waals surface area contributed by atoms with Crippen molar-refractivity contribution in [1.82, 2.24) is 19.4 Å². The second kappa shape index (κ2) is 12.8. The number of benzene rings is 3. The van der Waals surface area contributed by atoms with Crippen LogP contribution in [0.25, 0.3) is 16.6 Å². The first-order chi connectivity index (χ1) is 20.3. The average molecular weight is 594 g/mol. The van der Waals surface area contributed by atoms with Crippen molar-refractivity contribution < 1.29 is 24.7 Å². The van der Waals surface area contributed by atoms with Gasteiger partial charge in [-0.2, -0.15) is 0 Å². The molecule has 0 spiro atoms. The number of ether oxygens (including phenoxy) is 2. The third-order valence-corrected chi connectivity index (χ3v) is 7.53. The zero-order valence-corrected chi connectivity index (χ0v) is 24.1. The van der Waals surface area contributed by atoms with Crippen LogP contribution < -0.4 is 20.3 Å². The number of para-hydroxylation sites is 2. The molecule has 11 nitrogen and oxygen atoms in total. The number of halogens is 1. The Kier molecular flexibility index (Phi) is 8.93. The van der Waals surface area contributed by atoms with Crippen LogP contribution in [0.2, 0.25) is 5.02 Å². The van der Waals surface area contributed by atoms with Crippen molar-refractivity contribution in [3.8, 4) is 17.2 Å². The summed E-state index contributed by atoms with van der Waals surface area (Å²) in [5, 5.41) is 19.9. The molecule has 0 radical (unpaired) electrons. The second-order valence-corrected chi connectivity index (χ2v) is 10.3. The molecule has 220 valence electrons. The topological polar surface area (TPSA) is 121 Å². The lowest BCUT2D eigenvalue weighted by Gasteiger charge is -2.38. The summed E-state index contributed by atoms with van der Waals surface area (Å²) in [6.45, 7) is 6.30. The number of nitrogens with zero attached hydrogens (tertiary/aromatic N) is 5. The van der Waals surface area contributed by atoms with E-state index in [2.05, 4.69) is 4.90 Å². The molecule has 1 aliphatic heterocycles. The van der Waals surface area contributed by atoms with E-state index in [0.29, 0.717) is 66.3 Å². The minimum Gasteiger partial charge on any atom is -0.492 e. The Balaban J connectivity index is 1.41. The van der Waals surface area contributed by atoms with Crippen LogP contribution >= 0.6 is 11.6 Å². The monoisotopic (exact) mass is 593 g/mol. The highest BCUT2D eigenvalue weighted by Crippen LogP contribution is 2.29. The van der Waals surface area contributed by atoms with Gasteiger partial charge in [-0.25, -0.2) is 4.98 Å². The van der Waals surface area contributed by atoms with Gasteiger partial charge in [-0.05, 0) is 68.4 Å². The molecule has 12 heteroatoms. The Bertz CT molecular complexity index is 1620. The molecular weight excluding hydrogens is 562 g/mol. The molecule has 1 amide bonds. The number of carbonyl (C=O) groups excluding carboxylic acids is 1. The van der Waals surface area contributed by atoms with Crippen molar-refractivity contribution in [3.05, 3.63) is 87.9 Å². The molecule has 3 aromatic carbocycles. The van der Waals surface area contributed by atoms with Gasteiger partial charge in [0.25, 0.3) is 11.5 Å². The van der Waals surface area contributed by atoms with E-state index in [1.165, 1.54) is 16.7 Å². The summed E-state index contributed by atoms with van der Waals surface area (Å²) < 4.78 is 13.0. The Morgan fingerprint density at radius 3 is 2.43 bits per heavy atom. The summed E-state index contributed by atoms with van der Waals surface area (Å²) >= 11 is 5.92. The van der Waals surface area contributed by atoms with Gasteiger partial charge in [-0.15, -0.1) is 5.23 Å². The first kappa shape index (κ1) is 29.3. The van der Waals surface area contributed by atoms with Crippen LogP contribution in [-0.4, -0.2) is 75.1 Å². The lowest BCUT2D eigenvalue weighted by molar-refractivity contribution is -0.135. The fraction of sp³-hybridized carbons (Fsp3) is 0.300. The number of hydrogen-bond donors (Lipinski definition) is 2. The van der Waals surface area contributed by atoms with E-state index < -0.39 is 0 Å². The number of piperazine rings is 1. The maximum atomic E-state index is 14.0. The van der Waals surface area contributed by atoms with Crippen molar-refractivity contribution >= 4 is 34.1 Å². The largest absolute Gasteiger partial charge is 0.492 e. The van der Waals surface area contributed by atoms with Gasteiger partial charge in [0.15, 0.2) is 6.61 Å². The summed E-state index contributed by atoms with van der Waals surface area (Å²) in [7, 11) is 0. The standard InChI is InChI=1S/C30H32ClN5O6/c1-3-41-27-7-5-4-6-26(27)35-29(32-25-13-10-22(36(39)40)18-24(25)30(35)38)20(2)33-14-16-34(17-15-33)28(37)19-42-23-11-8-21(31)9-12-23/h4-13,18,20,39-40H,3,14-17,19H2,1-2H3. The SMILES string of the molecule is CCOc1ccccc1-n1c(C(C)N2CCN(C(=O)COc3ccc(Cl)cc3)CC2)nc2ccc(N(O)O)cc2c1=O. The quantitative estimate of drug-likeness (QED) is 0.274. The number of anilines is 1. The van der Waals surface area contributed by atoms with Crippen molar-refractivity contribution in [2.45, 2.75) is 19.9 Å². The zero-order chi connectivity index (χ0) is 29.8. The zero-order valence-electron chi connectivity index (χ0n) is 23.3. The number of carbonyl (C=O) groups is 1. The summed E-state index contributed by atoms with van der Waals surface area (Å²) in [5.41, 5.74) is 0.619. The summed E-state index contributed by atoms with van der Waals surface area (Å²) in [4.78, 5) is 35.7. The van der Waals surface area contributed by atoms with Crippen LogP contribution in [0.1, 0.15) is 25.7 Å². The van der Waals surface area contributed by atoms with E-state index in [-0.39, 0.29) is 40.4 Å². The van der Waals surface area contributed by atoms with Crippen LogP contribution in [0.5, 0.6) is 11.5 Å². The lowest BCUT2D eigenvalue weighted by atomic mass is 10.1. The average Bonchev–Trinajstić information content (AvgIpc) is 3.00. The van der Waals surface area contributed by atoms with Crippen LogP contribution in [-0.2, 0) is 4.79 Å². The van der Waals surface area contributed by atoms with Gasteiger partial charge in [0.05, 0.1) is 34.9 Å². The molecule has 0 saturated carbocycles. The summed E-state index contributed by atoms with van der Waals surface area (Å²) in [5.74, 6) is 1.49. The van der Waals surface area contributed by atoms with E-state index in [1.54, 1.807) is 47.4 Å².